The lowest BCUT2D eigenvalue weighted by molar-refractivity contribution is -0.141. The number of amides is 1. The van der Waals surface area contributed by atoms with E-state index in [2.05, 4.69) is 5.32 Å². The van der Waals surface area contributed by atoms with Crippen LogP contribution in [-0.4, -0.2) is 37.0 Å². The van der Waals surface area contributed by atoms with Crippen molar-refractivity contribution in [2.45, 2.75) is 38.8 Å². The minimum atomic E-state index is -3.21. The number of benzene rings is 1. The Morgan fingerprint density at radius 2 is 2.05 bits per heavy atom. The van der Waals surface area contributed by atoms with Crippen LogP contribution < -0.4 is 5.32 Å². The lowest BCUT2D eigenvalue weighted by atomic mass is 9.90. The summed E-state index contributed by atoms with van der Waals surface area (Å²) in [4.78, 5) is 12.4. The Bertz CT molecular complexity index is 632. The molecule has 5 nitrogen and oxygen atoms in total. The van der Waals surface area contributed by atoms with Gasteiger partial charge >= 0.3 is 0 Å². The molecular weight excluding hydrogens is 326 g/mol. The van der Waals surface area contributed by atoms with Gasteiger partial charge in [-0.2, -0.15) is 0 Å². The monoisotopic (exact) mass is 347 g/mol. The van der Waals surface area contributed by atoms with Gasteiger partial charge in [-0.3, -0.25) is 4.79 Å². The van der Waals surface area contributed by atoms with Gasteiger partial charge in [-0.15, -0.1) is 0 Å². The van der Waals surface area contributed by atoms with E-state index in [4.69, 9.17) is 11.6 Å². The summed E-state index contributed by atoms with van der Waals surface area (Å²) >= 11 is 5.90. The Labute approximate surface area is 136 Å². The molecule has 2 N–H and O–H groups in total. The first kappa shape index (κ1) is 18.9. The molecule has 0 aliphatic rings. The number of carbonyl (C=O) groups excluding carboxylic acids is 1. The molecule has 0 heterocycles. The van der Waals surface area contributed by atoms with Crippen molar-refractivity contribution in [2.75, 3.05) is 11.5 Å². The summed E-state index contributed by atoms with van der Waals surface area (Å²) in [7, 11) is -3.21. The standard InChI is InChI=1S/C15H22ClNO4S/c1-4-15(19,12-7-6-8-13(16)9-12)14(18)17-11(3)10-22(20,21)5-2/h6-9,11,19H,4-5,10H2,1-3H3,(H,17,18)/t11-,15-/m0/s1. The van der Waals surface area contributed by atoms with Gasteiger partial charge in [-0.1, -0.05) is 37.6 Å². The zero-order valence-electron chi connectivity index (χ0n) is 13.0. The van der Waals surface area contributed by atoms with Crippen LogP contribution >= 0.6 is 11.6 Å². The number of halogens is 1. The van der Waals surface area contributed by atoms with Gasteiger partial charge in [0.15, 0.2) is 15.4 Å². The molecule has 0 saturated heterocycles. The maximum Gasteiger partial charge on any atom is 0.256 e. The average molecular weight is 348 g/mol. The first-order valence-electron chi connectivity index (χ1n) is 7.14. The number of sulfone groups is 1. The van der Waals surface area contributed by atoms with Crippen molar-refractivity contribution in [3.05, 3.63) is 34.9 Å². The maximum absolute atomic E-state index is 12.4. The van der Waals surface area contributed by atoms with Crippen molar-refractivity contribution < 1.29 is 18.3 Å². The third-order valence-corrected chi connectivity index (χ3v) is 5.63. The molecule has 0 aliphatic carbocycles. The molecule has 0 saturated carbocycles. The highest BCUT2D eigenvalue weighted by Crippen LogP contribution is 2.27. The van der Waals surface area contributed by atoms with E-state index in [9.17, 15) is 18.3 Å². The van der Waals surface area contributed by atoms with Crippen LogP contribution in [-0.2, 0) is 20.2 Å². The number of aliphatic hydroxyl groups is 1. The summed E-state index contributed by atoms with van der Waals surface area (Å²) in [6.07, 6.45) is 0.145. The van der Waals surface area contributed by atoms with Gasteiger partial charge in [0.05, 0.1) is 5.75 Å². The first-order valence-corrected chi connectivity index (χ1v) is 9.34. The minimum absolute atomic E-state index is 0.0134. The zero-order valence-corrected chi connectivity index (χ0v) is 14.5. The molecule has 22 heavy (non-hydrogen) atoms. The van der Waals surface area contributed by atoms with Crippen LogP contribution in [0.25, 0.3) is 0 Å². The molecule has 7 heteroatoms. The van der Waals surface area contributed by atoms with Gasteiger partial charge in [0.25, 0.3) is 5.91 Å². The average Bonchev–Trinajstić information content (AvgIpc) is 2.45. The highest BCUT2D eigenvalue weighted by molar-refractivity contribution is 7.91. The highest BCUT2D eigenvalue weighted by Gasteiger charge is 2.37. The van der Waals surface area contributed by atoms with Crippen LogP contribution in [0, 0.1) is 0 Å². The summed E-state index contributed by atoms with van der Waals surface area (Å²) in [5, 5.41) is 13.7. The summed E-state index contributed by atoms with van der Waals surface area (Å²) in [5.41, 5.74) is -1.36. The third-order valence-electron chi connectivity index (χ3n) is 3.51. The Kier molecular flexibility index (Phi) is 6.40. The number of nitrogens with one attached hydrogen (secondary N) is 1. The molecule has 0 aliphatic heterocycles. The van der Waals surface area contributed by atoms with Gasteiger partial charge in [0.2, 0.25) is 0 Å². The van der Waals surface area contributed by atoms with E-state index < -0.39 is 27.4 Å². The van der Waals surface area contributed by atoms with Crippen LogP contribution in [0.15, 0.2) is 24.3 Å². The maximum atomic E-state index is 12.4. The van der Waals surface area contributed by atoms with E-state index in [1.54, 1.807) is 39.0 Å². The van der Waals surface area contributed by atoms with E-state index in [0.29, 0.717) is 10.6 Å². The van der Waals surface area contributed by atoms with Crippen molar-refractivity contribution in [2.24, 2.45) is 0 Å². The fraction of sp³-hybridized carbons (Fsp3) is 0.533. The van der Waals surface area contributed by atoms with Crippen molar-refractivity contribution >= 4 is 27.3 Å². The van der Waals surface area contributed by atoms with Crippen LogP contribution in [0.4, 0.5) is 0 Å². The predicted octanol–water partition coefficient (Wildman–Crippen LogP) is 1.88. The van der Waals surface area contributed by atoms with Crippen molar-refractivity contribution in [1.82, 2.24) is 5.32 Å². The van der Waals surface area contributed by atoms with E-state index in [-0.39, 0.29) is 17.9 Å². The lowest BCUT2D eigenvalue weighted by Crippen LogP contribution is -2.49. The molecule has 1 aromatic rings. The Hall–Kier alpha value is -1.11. The Morgan fingerprint density at radius 3 is 2.55 bits per heavy atom. The highest BCUT2D eigenvalue weighted by atomic mass is 35.5. The SMILES string of the molecule is CC[C@@](O)(C(=O)N[C@@H](C)CS(=O)(=O)CC)c1cccc(Cl)c1. The summed E-state index contributed by atoms with van der Waals surface area (Å²) in [5.74, 6) is -0.777. The van der Waals surface area contributed by atoms with Crippen molar-refractivity contribution in [1.29, 1.82) is 0 Å². The molecule has 0 bridgehead atoms. The van der Waals surface area contributed by atoms with E-state index in [0.717, 1.165) is 0 Å². The molecule has 1 amide bonds. The van der Waals surface area contributed by atoms with Gasteiger partial charge < -0.3 is 10.4 Å². The Morgan fingerprint density at radius 1 is 1.41 bits per heavy atom. The van der Waals surface area contributed by atoms with Crippen LogP contribution in [0.1, 0.15) is 32.8 Å². The topological polar surface area (TPSA) is 83.5 Å². The number of carbonyl (C=O) groups is 1. The van der Waals surface area contributed by atoms with Gasteiger partial charge in [-0.05, 0) is 31.0 Å². The molecule has 0 radical (unpaired) electrons. The smallest absolute Gasteiger partial charge is 0.256 e. The number of hydrogen-bond donors (Lipinski definition) is 2. The normalized spacial score (nSPS) is 15.9. The first-order chi connectivity index (χ1) is 10.1. The molecule has 0 aromatic heterocycles. The van der Waals surface area contributed by atoms with E-state index >= 15 is 0 Å². The molecule has 1 aromatic carbocycles. The largest absolute Gasteiger partial charge is 0.375 e. The third kappa shape index (κ3) is 4.69. The fourth-order valence-electron chi connectivity index (χ4n) is 2.13. The molecule has 124 valence electrons. The number of rotatable bonds is 7. The molecule has 0 fully saturated rings. The van der Waals surface area contributed by atoms with E-state index in [1.165, 1.54) is 6.07 Å². The molecule has 1 rings (SSSR count). The van der Waals surface area contributed by atoms with Crippen LogP contribution in [0.5, 0.6) is 0 Å². The number of hydrogen-bond acceptors (Lipinski definition) is 4. The predicted molar refractivity (Wildman–Crippen MR) is 87.6 cm³/mol. The van der Waals surface area contributed by atoms with Crippen molar-refractivity contribution in [3.63, 3.8) is 0 Å². The van der Waals surface area contributed by atoms with Crippen LogP contribution in [0.2, 0.25) is 5.02 Å². The molecule has 2 atom stereocenters. The zero-order chi connectivity index (χ0) is 17.0. The quantitative estimate of drug-likeness (QED) is 0.788. The van der Waals surface area contributed by atoms with Crippen molar-refractivity contribution in [3.8, 4) is 0 Å². The lowest BCUT2D eigenvalue weighted by Gasteiger charge is -2.28. The second-order valence-electron chi connectivity index (χ2n) is 5.30. The minimum Gasteiger partial charge on any atom is -0.375 e. The van der Waals surface area contributed by atoms with E-state index in [1.807, 2.05) is 0 Å². The van der Waals surface area contributed by atoms with Gasteiger partial charge in [-0.25, -0.2) is 8.42 Å². The second-order valence-corrected chi connectivity index (χ2v) is 8.13. The molecular formula is C15H22ClNO4S. The summed E-state index contributed by atoms with van der Waals surface area (Å²) in [6, 6.07) is 5.85. The summed E-state index contributed by atoms with van der Waals surface area (Å²) in [6.45, 7) is 4.82. The fourth-order valence-corrected chi connectivity index (χ4v) is 3.40. The molecule has 0 unspecified atom stereocenters. The van der Waals surface area contributed by atoms with Gasteiger partial charge in [0, 0.05) is 16.8 Å². The summed E-state index contributed by atoms with van der Waals surface area (Å²) < 4.78 is 23.2. The van der Waals surface area contributed by atoms with Crippen LogP contribution in [0.3, 0.4) is 0 Å². The van der Waals surface area contributed by atoms with Gasteiger partial charge in [0.1, 0.15) is 0 Å². The second kappa shape index (κ2) is 7.44. The Balaban J connectivity index is 2.93. The molecule has 0 spiro atoms.